The van der Waals surface area contributed by atoms with Crippen molar-refractivity contribution in [3.8, 4) is 0 Å². The second kappa shape index (κ2) is 8.44. The molecule has 0 saturated carbocycles. The van der Waals surface area contributed by atoms with Crippen LogP contribution in [0.15, 0.2) is 0 Å². The van der Waals surface area contributed by atoms with Crippen LogP contribution in [0.5, 0.6) is 0 Å². The third kappa shape index (κ3) is 5.36. The van der Waals surface area contributed by atoms with E-state index in [1.54, 1.807) is 7.11 Å². The van der Waals surface area contributed by atoms with Crippen LogP contribution in [0.4, 0.5) is 0 Å². The maximum atomic E-state index is 5.45. The molecule has 1 rings (SSSR count). The zero-order chi connectivity index (χ0) is 16.0. The lowest BCUT2D eigenvalue weighted by Gasteiger charge is -2.19. The molecule has 21 heavy (non-hydrogen) atoms. The molecule has 0 aliphatic carbocycles. The summed E-state index contributed by atoms with van der Waals surface area (Å²) in [5.74, 6) is 1.38. The highest BCUT2D eigenvalue weighted by atomic mass is 16.5. The summed E-state index contributed by atoms with van der Waals surface area (Å²) in [5.41, 5.74) is 3.46. The number of ether oxygens (including phenoxy) is 1. The van der Waals surface area contributed by atoms with Crippen molar-refractivity contribution in [1.29, 1.82) is 0 Å². The van der Waals surface area contributed by atoms with E-state index >= 15 is 0 Å². The van der Waals surface area contributed by atoms with Crippen molar-refractivity contribution < 1.29 is 4.74 Å². The summed E-state index contributed by atoms with van der Waals surface area (Å²) in [4.78, 5) is 9.34. The van der Waals surface area contributed by atoms with Gasteiger partial charge in [0.05, 0.1) is 0 Å². The van der Waals surface area contributed by atoms with Gasteiger partial charge in [0.15, 0.2) is 5.82 Å². The van der Waals surface area contributed by atoms with Crippen LogP contribution in [0.25, 0.3) is 0 Å². The highest BCUT2D eigenvalue weighted by Gasteiger charge is 2.17. The molecule has 2 atom stereocenters. The van der Waals surface area contributed by atoms with Crippen LogP contribution < -0.4 is 5.32 Å². The maximum Gasteiger partial charge on any atom is 0.157 e. The van der Waals surface area contributed by atoms with Crippen molar-refractivity contribution in [1.82, 2.24) is 15.3 Å². The quantitative estimate of drug-likeness (QED) is 0.798. The topological polar surface area (TPSA) is 47.0 Å². The Kier molecular flexibility index (Phi) is 7.26. The number of methoxy groups -OCH3 is 1. The lowest BCUT2D eigenvalue weighted by molar-refractivity contribution is 0.0922. The normalized spacial score (nSPS) is 14.5. The van der Waals surface area contributed by atoms with E-state index in [4.69, 9.17) is 4.74 Å². The Labute approximate surface area is 129 Å². The average Bonchev–Trinajstić information content (AvgIpc) is 2.42. The fourth-order valence-electron chi connectivity index (χ4n) is 2.52. The van der Waals surface area contributed by atoms with Gasteiger partial charge in [0.1, 0.15) is 6.10 Å². The van der Waals surface area contributed by atoms with Gasteiger partial charge in [-0.3, -0.25) is 0 Å². The van der Waals surface area contributed by atoms with Crippen LogP contribution in [0, 0.1) is 19.8 Å². The van der Waals surface area contributed by atoms with Crippen molar-refractivity contribution in [2.75, 3.05) is 13.7 Å². The van der Waals surface area contributed by atoms with Crippen molar-refractivity contribution in [2.45, 2.75) is 66.5 Å². The maximum absolute atomic E-state index is 5.45. The third-order valence-electron chi connectivity index (χ3n) is 3.81. The molecule has 1 heterocycles. The van der Waals surface area contributed by atoms with Crippen molar-refractivity contribution in [3.63, 3.8) is 0 Å². The van der Waals surface area contributed by atoms with Gasteiger partial charge in [-0.2, -0.15) is 0 Å². The minimum atomic E-state index is -0.00326. The smallest absolute Gasteiger partial charge is 0.157 e. The second-order valence-corrected chi connectivity index (χ2v) is 6.24. The fraction of sp³-hybridized carbons (Fsp3) is 0.765. The molecule has 1 aromatic heterocycles. The molecule has 1 N–H and O–H groups in total. The highest BCUT2D eigenvalue weighted by Crippen LogP contribution is 2.21. The summed E-state index contributed by atoms with van der Waals surface area (Å²) in [6.07, 6.45) is 1.90. The Morgan fingerprint density at radius 3 is 2.10 bits per heavy atom. The SMILES string of the molecule is CCC(OC)c1nc(C)c(CC(C)CNC(C)C)c(C)n1. The molecule has 1 aromatic rings. The standard InChI is InChI=1S/C17H31N3O/c1-8-16(21-7)17-19-13(5)15(14(6)20-17)9-12(4)10-18-11(2)3/h11-12,16,18H,8-10H2,1-7H3. The molecule has 0 aromatic carbocycles. The van der Waals surface area contributed by atoms with Gasteiger partial charge in [0, 0.05) is 24.5 Å². The molecule has 0 aliphatic rings. The van der Waals surface area contributed by atoms with Gasteiger partial charge in [0.25, 0.3) is 0 Å². The molecule has 0 saturated heterocycles. The predicted octanol–water partition coefficient (Wildman–Crippen LogP) is 3.37. The summed E-state index contributed by atoms with van der Waals surface area (Å²) in [7, 11) is 1.72. The first-order valence-corrected chi connectivity index (χ1v) is 7.99. The predicted molar refractivity (Wildman–Crippen MR) is 87.6 cm³/mol. The Bertz CT molecular complexity index is 419. The Morgan fingerprint density at radius 2 is 1.67 bits per heavy atom. The number of aromatic nitrogens is 2. The second-order valence-electron chi connectivity index (χ2n) is 6.24. The summed E-state index contributed by atoms with van der Waals surface area (Å²) >= 11 is 0. The number of nitrogens with one attached hydrogen (secondary N) is 1. The molecule has 4 nitrogen and oxygen atoms in total. The first kappa shape index (κ1) is 18.1. The van der Waals surface area contributed by atoms with E-state index in [9.17, 15) is 0 Å². The van der Waals surface area contributed by atoms with Gasteiger partial charge in [0.2, 0.25) is 0 Å². The molecular formula is C17H31N3O. The molecular weight excluding hydrogens is 262 g/mol. The Balaban J connectivity index is 2.84. The van der Waals surface area contributed by atoms with Gasteiger partial charge < -0.3 is 10.1 Å². The zero-order valence-corrected chi connectivity index (χ0v) is 14.7. The minimum Gasteiger partial charge on any atom is -0.373 e. The third-order valence-corrected chi connectivity index (χ3v) is 3.81. The summed E-state index contributed by atoms with van der Waals surface area (Å²) in [6.45, 7) is 13.9. The molecule has 0 radical (unpaired) electrons. The summed E-state index contributed by atoms with van der Waals surface area (Å²) in [5, 5.41) is 3.49. The number of hydrogen-bond donors (Lipinski definition) is 1. The van der Waals surface area contributed by atoms with Gasteiger partial charge in [-0.15, -0.1) is 0 Å². The number of aryl methyl sites for hydroxylation is 2. The fourth-order valence-corrected chi connectivity index (χ4v) is 2.52. The molecule has 2 unspecified atom stereocenters. The first-order chi connectivity index (χ1) is 9.88. The van der Waals surface area contributed by atoms with Crippen LogP contribution in [0.2, 0.25) is 0 Å². The van der Waals surface area contributed by atoms with Crippen molar-refractivity contribution in [2.24, 2.45) is 5.92 Å². The van der Waals surface area contributed by atoms with Gasteiger partial charge >= 0.3 is 0 Å². The van der Waals surface area contributed by atoms with E-state index in [1.807, 2.05) is 0 Å². The van der Waals surface area contributed by atoms with E-state index in [-0.39, 0.29) is 6.10 Å². The summed E-state index contributed by atoms with van der Waals surface area (Å²) in [6, 6.07) is 0.528. The van der Waals surface area contributed by atoms with E-state index < -0.39 is 0 Å². The first-order valence-electron chi connectivity index (χ1n) is 7.99. The van der Waals surface area contributed by atoms with E-state index in [0.29, 0.717) is 12.0 Å². The van der Waals surface area contributed by atoms with Gasteiger partial charge in [-0.25, -0.2) is 9.97 Å². The molecule has 0 spiro atoms. The molecule has 120 valence electrons. The van der Waals surface area contributed by atoms with Gasteiger partial charge in [-0.1, -0.05) is 27.7 Å². The van der Waals surface area contributed by atoms with Crippen LogP contribution in [-0.2, 0) is 11.2 Å². The van der Waals surface area contributed by atoms with E-state index in [2.05, 4.69) is 56.8 Å². The van der Waals surface area contributed by atoms with Gasteiger partial charge in [-0.05, 0) is 44.7 Å². The lowest BCUT2D eigenvalue weighted by Crippen LogP contribution is -2.29. The van der Waals surface area contributed by atoms with Crippen LogP contribution in [0.3, 0.4) is 0 Å². The molecule has 0 bridgehead atoms. The molecule has 0 aliphatic heterocycles. The zero-order valence-electron chi connectivity index (χ0n) is 14.7. The van der Waals surface area contributed by atoms with Crippen molar-refractivity contribution >= 4 is 0 Å². The Morgan fingerprint density at radius 1 is 1.10 bits per heavy atom. The van der Waals surface area contributed by atoms with Crippen LogP contribution in [-0.4, -0.2) is 29.7 Å². The van der Waals surface area contributed by atoms with Crippen molar-refractivity contribution in [3.05, 3.63) is 22.8 Å². The van der Waals surface area contributed by atoms with Crippen LogP contribution in [0.1, 0.15) is 63.0 Å². The number of nitrogens with zero attached hydrogens (tertiary/aromatic N) is 2. The van der Waals surface area contributed by atoms with Crippen LogP contribution >= 0.6 is 0 Å². The molecule has 4 heteroatoms. The number of hydrogen-bond acceptors (Lipinski definition) is 4. The minimum absolute atomic E-state index is 0.00326. The largest absolute Gasteiger partial charge is 0.373 e. The molecule has 0 fully saturated rings. The van der Waals surface area contributed by atoms with E-state index in [1.165, 1.54) is 5.56 Å². The van der Waals surface area contributed by atoms with E-state index in [0.717, 1.165) is 36.6 Å². The summed E-state index contributed by atoms with van der Waals surface area (Å²) < 4.78 is 5.45. The average molecular weight is 293 g/mol. The monoisotopic (exact) mass is 293 g/mol. The Hall–Kier alpha value is -1.00. The lowest BCUT2D eigenvalue weighted by atomic mass is 9.98. The number of rotatable bonds is 8. The molecule has 0 amide bonds. The highest BCUT2D eigenvalue weighted by molar-refractivity contribution is 5.25.